The highest BCUT2D eigenvalue weighted by Gasteiger charge is 2.34. The van der Waals surface area contributed by atoms with E-state index in [-0.39, 0.29) is 23.8 Å². The number of nitrogens with two attached hydrogens (primary N) is 1. The van der Waals surface area contributed by atoms with Crippen molar-refractivity contribution in [3.8, 4) is 5.75 Å². The quantitative estimate of drug-likeness (QED) is 0.805. The Balaban J connectivity index is 1.69. The Kier molecular flexibility index (Phi) is 5.40. The van der Waals surface area contributed by atoms with Gasteiger partial charge < -0.3 is 20.7 Å². The molecule has 0 radical (unpaired) electrons. The lowest BCUT2D eigenvalue weighted by Gasteiger charge is -2.18. The second-order valence-corrected chi connectivity index (χ2v) is 6.39. The Bertz CT molecular complexity index is 864. The van der Waals surface area contributed by atoms with Gasteiger partial charge in [-0.3, -0.25) is 14.4 Å². The first-order chi connectivity index (χ1) is 13.0. The number of carbonyl (C=O) groups is 3. The number of para-hydroxylation sites is 1. The summed E-state index contributed by atoms with van der Waals surface area (Å²) in [7, 11) is 0. The van der Waals surface area contributed by atoms with Crippen LogP contribution in [0.15, 0.2) is 48.5 Å². The van der Waals surface area contributed by atoms with Crippen LogP contribution in [0.25, 0.3) is 0 Å². The van der Waals surface area contributed by atoms with Crippen molar-refractivity contribution < 1.29 is 19.1 Å². The number of nitrogens with zero attached hydrogens (tertiary/aromatic N) is 1. The van der Waals surface area contributed by atoms with Crippen molar-refractivity contribution in [2.24, 2.45) is 5.73 Å². The Morgan fingerprint density at radius 3 is 2.59 bits per heavy atom. The number of aryl methyl sites for hydroxylation is 1. The number of hydrogen-bond acceptors (Lipinski definition) is 4. The Morgan fingerprint density at radius 2 is 1.89 bits per heavy atom. The van der Waals surface area contributed by atoms with Crippen LogP contribution < -0.4 is 20.7 Å². The van der Waals surface area contributed by atoms with Crippen LogP contribution in [-0.4, -0.2) is 36.9 Å². The van der Waals surface area contributed by atoms with Crippen molar-refractivity contribution in [2.45, 2.75) is 19.4 Å². The highest BCUT2D eigenvalue weighted by atomic mass is 16.5. The lowest BCUT2D eigenvalue weighted by molar-refractivity contribution is -0.120. The maximum absolute atomic E-state index is 12.7. The standard InChI is InChI=1S/C20H21N3O4/c1-13-6-8-14(9-7-13)23-11-10-16(20(23)26)22-19(25)15-4-2-3-5-17(15)27-12-18(21)24/h2-9,16H,10-12H2,1H3,(H2,21,24)(H,22,25). The van der Waals surface area contributed by atoms with Gasteiger partial charge in [0, 0.05) is 12.2 Å². The summed E-state index contributed by atoms with van der Waals surface area (Å²) in [6.45, 7) is 2.19. The number of amides is 3. The molecule has 1 fully saturated rings. The lowest BCUT2D eigenvalue weighted by atomic mass is 10.1. The molecule has 0 saturated carbocycles. The van der Waals surface area contributed by atoms with E-state index in [9.17, 15) is 14.4 Å². The molecule has 0 spiro atoms. The van der Waals surface area contributed by atoms with Gasteiger partial charge in [-0.2, -0.15) is 0 Å². The summed E-state index contributed by atoms with van der Waals surface area (Å²) in [6, 6.07) is 13.6. The molecule has 0 aliphatic carbocycles. The lowest BCUT2D eigenvalue weighted by Crippen LogP contribution is -2.41. The van der Waals surface area contributed by atoms with Crippen molar-refractivity contribution in [1.29, 1.82) is 0 Å². The Morgan fingerprint density at radius 1 is 1.19 bits per heavy atom. The number of hydrogen-bond donors (Lipinski definition) is 2. The van der Waals surface area contributed by atoms with E-state index in [0.717, 1.165) is 11.3 Å². The number of anilines is 1. The van der Waals surface area contributed by atoms with Crippen LogP contribution in [0, 0.1) is 6.92 Å². The smallest absolute Gasteiger partial charge is 0.255 e. The molecule has 1 saturated heterocycles. The van der Waals surface area contributed by atoms with Crippen LogP contribution in [-0.2, 0) is 9.59 Å². The molecule has 3 N–H and O–H groups in total. The minimum absolute atomic E-state index is 0.150. The summed E-state index contributed by atoms with van der Waals surface area (Å²) in [5.41, 5.74) is 7.26. The minimum Gasteiger partial charge on any atom is -0.483 e. The molecule has 27 heavy (non-hydrogen) atoms. The number of nitrogens with one attached hydrogen (secondary N) is 1. The van der Waals surface area contributed by atoms with Crippen LogP contribution in [0.3, 0.4) is 0 Å². The molecule has 1 aliphatic rings. The molecule has 0 aromatic heterocycles. The van der Waals surface area contributed by atoms with Crippen LogP contribution in [0.1, 0.15) is 22.3 Å². The van der Waals surface area contributed by atoms with Crippen LogP contribution in [0.5, 0.6) is 5.75 Å². The molecule has 7 heteroatoms. The number of benzene rings is 2. The maximum Gasteiger partial charge on any atom is 0.255 e. The van der Waals surface area contributed by atoms with Gasteiger partial charge in [0.05, 0.1) is 5.56 Å². The monoisotopic (exact) mass is 367 g/mol. The van der Waals surface area contributed by atoms with Gasteiger partial charge in [-0.1, -0.05) is 29.8 Å². The molecule has 0 bridgehead atoms. The van der Waals surface area contributed by atoms with E-state index in [2.05, 4.69) is 5.32 Å². The molecular weight excluding hydrogens is 346 g/mol. The summed E-state index contributed by atoms with van der Waals surface area (Å²) in [5.74, 6) is -0.971. The molecule has 140 valence electrons. The highest BCUT2D eigenvalue weighted by Crippen LogP contribution is 2.23. The van der Waals surface area contributed by atoms with Gasteiger partial charge in [-0.25, -0.2) is 0 Å². The summed E-state index contributed by atoms with van der Waals surface area (Å²) in [5, 5.41) is 2.76. The Hall–Kier alpha value is -3.35. The van der Waals surface area contributed by atoms with E-state index in [1.807, 2.05) is 31.2 Å². The maximum atomic E-state index is 12.7. The van der Waals surface area contributed by atoms with Crippen molar-refractivity contribution >= 4 is 23.4 Å². The normalized spacial score (nSPS) is 16.3. The molecule has 1 unspecified atom stereocenters. The highest BCUT2D eigenvalue weighted by molar-refractivity contribution is 6.04. The SMILES string of the molecule is Cc1ccc(N2CCC(NC(=O)c3ccccc3OCC(N)=O)C2=O)cc1. The van der Waals surface area contributed by atoms with Gasteiger partial charge in [0.2, 0.25) is 5.91 Å². The van der Waals surface area contributed by atoms with Gasteiger partial charge in [-0.05, 0) is 37.6 Å². The van der Waals surface area contributed by atoms with Crippen molar-refractivity contribution in [1.82, 2.24) is 5.32 Å². The van der Waals surface area contributed by atoms with E-state index < -0.39 is 17.9 Å². The molecule has 1 atom stereocenters. The van der Waals surface area contributed by atoms with Gasteiger partial charge in [0.15, 0.2) is 6.61 Å². The van der Waals surface area contributed by atoms with Crippen molar-refractivity contribution in [2.75, 3.05) is 18.1 Å². The van der Waals surface area contributed by atoms with E-state index in [1.165, 1.54) is 0 Å². The van der Waals surface area contributed by atoms with E-state index in [0.29, 0.717) is 13.0 Å². The van der Waals surface area contributed by atoms with Crippen LogP contribution in [0.4, 0.5) is 5.69 Å². The van der Waals surface area contributed by atoms with Gasteiger partial charge in [-0.15, -0.1) is 0 Å². The van der Waals surface area contributed by atoms with Gasteiger partial charge in [0.25, 0.3) is 11.8 Å². The third kappa shape index (κ3) is 4.25. The van der Waals surface area contributed by atoms with Crippen molar-refractivity contribution in [3.63, 3.8) is 0 Å². The van der Waals surface area contributed by atoms with E-state index >= 15 is 0 Å². The molecule has 1 heterocycles. The van der Waals surface area contributed by atoms with Crippen molar-refractivity contribution in [3.05, 3.63) is 59.7 Å². The second-order valence-electron chi connectivity index (χ2n) is 6.39. The molecule has 2 aromatic carbocycles. The third-order valence-corrected chi connectivity index (χ3v) is 4.36. The van der Waals surface area contributed by atoms with E-state index in [1.54, 1.807) is 29.2 Å². The predicted molar refractivity (Wildman–Crippen MR) is 101 cm³/mol. The van der Waals surface area contributed by atoms with E-state index in [4.69, 9.17) is 10.5 Å². The molecule has 7 nitrogen and oxygen atoms in total. The topological polar surface area (TPSA) is 102 Å². The number of primary amides is 1. The minimum atomic E-state index is -0.634. The zero-order valence-electron chi connectivity index (χ0n) is 15.0. The number of carbonyl (C=O) groups excluding carboxylic acids is 3. The van der Waals surface area contributed by atoms with Crippen LogP contribution >= 0.6 is 0 Å². The number of ether oxygens (including phenoxy) is 1. The van der Waals surface area contributed by atoms with Crippen LogP contribution in [0.2, 0.25) is 0 Å². The fourth-order valence-electron chi connectivity index (χ4n) is 2.96. The predicted octanol–water partition coefficient (Wildman–Crippen LogP) is 1.39. The molecule has 1 aliphatic heterocycles. The molecular formula is C20H21N3O4. The fourth-order valence-corrected chi connectivity index (χ4v) is 2.96. The van der Waals surface area contributed by atoms with Gasteiger partial charge in [0.1, 0.15) is 11.8 Å². The first-order valence-electron chi connectivity index (χ1n) is 8.65. The average Bonchev–Trinajstić information content (AvgIpc) is 3.01. The van der Waals surface area contributed by atoms with Gasteiger partial charge >= 0.3 is 0 Å². The number of rotatable bonds is 6. The summed E-state index contributed by atoms with van der Waals surface area (Å²) in [6.07, 6.45) is 0.517. The summed E-state index contributed by atoms with van der Waals surface area (Å²) in [4.78, 5) is 37.9. The molecule has 3 amide bonds. The Labute approximate surface area is 157 Å². The average molecular weight is 367 g/mol. The summed E-state index contributed by atoms with van der Waals surface area (Å²) < 4.78 is 5.28. The first-order valence-corrected chi connectivity index (χ1v) is 8.65. The third-order valence-electron chi connectivity index (χ3n) is 4.36. The second kappa shape index (κ2) is 7.90. The zero-order valence-corrected chi connectivity index (χ0v) is 15.0. The largest absolute Gasteiger partial charge is 0.483 e. The first kappa shape index (κ1) is 18.4. The fraction of sp³-hybridized carbons (Fsp3) is 0.250. The summed E-state index contributed by atoms with van der Waals surface area (Å²) >= 11 is 0. The molecule has 3 rings (SSSR count). The molecule has 2 aromatic rings. The zero-order chi connectivity index (χ0) is 19.4.